The SMILES string of the molecule is N#Cc1c(-c2ccc(NSC3CC3)cc2)[nH]c2cc(OC(F)F)ccc12. The maximum absolute atomic E-state index is 12.4. The normalized spacial score (nSPS) is 13.8. The van der Waals surface area contributed by atoms with E-state index in [1.54, 1.807) is 18.0 Å². The second-order valence-electron chi connectivity index (χ2n) is 6.07. The minimum Gasteiger partial charge on any atom is -0.435 e. The molecule has 1 aliphatic carbocycles. The van der Waals surface area contributed by atoms with Gasteiger partial charge in [0.25, 0.3) is 0 Å². The Morgan fingerprint density at radius 2 is 1.96 bits per heavy atom. The lowest BCUT2D eigenvalue weighted by Gasteiger charge is -2.05. The average molecular weight is 371 g/mol. The highest BCUT2D eigenvalue weighted by Crippen LogP contribution is 2.36. The number of nitriles is 1. The van der Waals surface area contributed by atoms with Crippen LogP contribution >= 0.6 is 11.9 Å². The quantitative estimate of drug-likeness (QED) is 0.559. The van der Waals surface area contributed by atoms with E-state index in [9.17, 15) is 14.0 Å². The highest BCUT2D eigenvalue weighted by atomic mass is 32.2. The van der Waals surface area contributed by atoms with E-state index in [2.05, 4.69) is 20.5 Å². The van der Waals surface area contributed by atoms with Crippen LogP contribution in [0.3, 0.4) is 0 Å². The first-order chi connectivity index (χ1) is 12.6. The van der Waals surface area contributed by atoms with Crippen molar-refractivity contribution >= 4 is 28.5 Å². The summed E-state index contributed by atoms with van der Waals surface area (Å²) in [5.74, 6) is 0.0569. The molecule has 0 radical (unpaired) electrons. The molecular weight excluding hydrogens is 356 g/mol. The molecule has 0 amide bonds. The van der Waals surface area contributed by atoms with Gasteiger partial charge in [0, 0.05) is 22.4 Å². The average Bonchev–Trinajstić information content (AvgIpc) is 3.39. The molecule has 1 aromatic heterocycles. The van der Waals surface area contributed by atoms with Crippen LogP contribution in [0.2, 0.25) is 0 Å². The van der Waals surface area contributed by atoms with Crippen molar-refractivity contribution in [2.75, 3.05) is 4.72 Å². The maximum Gasteiger partial charge on any atom is 0.387 e. The van der Waals surface area contributed by atoms with Crippen molar-refractivity contribution in [3.63, 3.8) is 0 Å². The molecule has 0 saturated heterocycles. The first-order valence-corrected chi connectivity index (χ1v) is 9.05. The van der Waals surface area contributed by atoms with Gasteiger partial charge in [0.15, 0.2) is 0 Å². The fourth-order valence-corrected chi connectivity index (χ4v) is 3.54. The molecule has 0 spiro atoms. The number of hydrogen-bond acceptors (Lipinski definition) is 4. The lowest BCUT2D eigenvalue weighted by atomic mass is 10.1. The second-order valence-corrected chi connectivity index (χ2v) is 7.18. The molecule has 7 heteroatoms. The van der Waals surface area contributed by atoms with Crippen LogP contribution in [0.15, 0.2) is 42.5 Å². The molecule has 3 aromatic rings. The van der Waals surface area contributed by atoms with Gasteiger partial charge in [-0.3, -0.25) is 0 Å². The third kappa shape index (κ3) is 3.46. The summed E-state index contributed by atoms with van der Waals surface area (Å²) in [5, 5.41) is 10.9. The van der Waals surface area contributed by atoms with E-state index in [1.165, 1.54) is 25.0 Å². The van der Waals surface area contributed by atoms with Crippen molar-refractivity contribution in [3.8, 4) is 23.1 Å². The van der Waals surface area contributed by atoms with Gasteiger partial charge in [-0.15, -0.1) is 0 Å². The number of benzene rings is 2. The zero-order valence-electron chi connectivity index (χ0n) is 13.6. The van der Waals surface area contributed by atoms with E-state index < -0.39 is 6.61 Å². The number of nitrogens with zero attached hydrogens (tertiary/aromatic N) is 1. The predicted octanol–water partition coefficient (Wildman–Crippen LogP) is 5.53. The van der Waals surface area contributed by atoms with Crippen LogP contribution in [-0.2, 0) is 0 Å². The van der Waals surface area contributed by atoms with E-state index in [1.807, 2.05) is 24.3 Å². The first-order valence-electron chi connectivity index (χ1n) is 8.17. The molecule has 1 fully saturated rings. The van der Waals surface area contributed by atoms with Crippen LogP contribution in [-0.4, -0.2) is 16.8 Å². The monoisotopic (exact) mass is 371 g/mol. The fourth-order valence-electron chi connectivity index (χ4n) is 2.73. The zero-order valence-corrected chi connectivity index (χ0v) is 14.4. The number of aromatic nitrogens is 1. The summed E-state index contributed by atoms with van der Waals surface area (Å²) in [6, 6.07) is 14.5. The standard InChI is InChI=1S/C19H15F2N3OS/c20-19(21)25-13-5-8-15-16(10-22)18(23-17(15)9-13)11-1-3-12(4-2-11)24-26-14-6-7-14/h1-5,8-9,14,19,23-24H,6-7H2. The summed E-state index contributed by atoms with van der Waals surface area (Å²) in [5.41, 5.74) is 3.60. The highest BCUT2D eigenvalue weighted by molar-refractivity contribution is 8.01. The van der Waals surface area contributed by atoms with Gasteiger partial charge in [-0.2, -0.15) is 14.0 Å². The van der Waals surface area contributed by atoms with Crippen LogP contribution in [0, 0.1) is 11.3 Å². The molecule has 0 bridgehead atoms. The largest absolute Gasteiger partial charge is 0.435 e. The summed E-state index contributed by atoms with van der Waals surface area (Å²) < 4.78 is 32.5. The molecule has 1 heterocycles. The number of ether oxygens (including phenoxy) is 1. The lowest BCUT2D eigenvalue weighted by Crippen LogP contribution is -2.01. The van der Waals surface area contributed by atoms with Gasteiger partial charge in [0.05, 0.1) is 16.8 Å². The molecular formula is C19H15F2N3OS. The van der Waals surface area contributed by atoms with Crippen LogP contribution in [0.1, 0.15) is 18.4 Å². The number of alkyl halides is 2. The molecule has 0 unspecified atom stereocenters. The van der Waals surface area contributed by atoms with Crippen molar-refractivity contribution in [3.05, 3.63) is 48.0 Å². The molecule has 4 rings (SSSR count). The molecule has 26 heavy (non-hydrogen) atoms. The Bertz CT molecular complexity index is 975. The van der Waals surface area contributed by atoms with Crippen molar-refractivity contribution in [1.29, 1.82) is 5.26 Å². The minimum absolute atomic E-state index is 0.0569. The van der Waals surface area contributed by atoms with Gasteiger partial charge in [0.1, 0.15) is 11.8 Å². The third-order valence-corrected chi connectivity index (χ3v) is 5.31. The van der Waals surface area contributed by atoms with E-state index in [0.29, 0.717) is 27.4 Å². The number of nitrogens with one attached hydrogen (secondary N) is 2. The van der Waals surface area contributed by atoms with Crippen LogP contribution in [0.5, 0.6) is 5.75 Å². The fraction of sp³-hybridized carbons (Fsp3) is 0.211. The van der Waals surface area contributed by atoms with Gasteiger partial charge in [-0.25, -0.2) is 0 Å². The molecule has 132 valence electrons. The summed E-state index contributed by atoms with van der Waals surface area (Å²) in [6.45, 7) is -2.88. The first kappa shape index (κ1) is 16.7. The van der Waals surface area contributed by atoms with E-state index in [-0.39, 0.29) is 5.75 Å². The second kappa shape index (κ2) is 6.89. The molecule has 1 aliphatic rings. The van der Waals surface area contributed by atoms with E-state index in [4.69, 9.17) is 0 Å². The van der Waals surface area contributed by atoms with Crippen LogP contribution in [0.4, 0.5) is 14.5 Å². The number of anilines is 1. The maximum atomic E-state index is 12.4. The van der Waals surface area contributed by atoms with Crippen molar-refractivity contribution < 1.29 is 13.5 Å². The van der Waals surface area contributed by atoms with Crippen LogP contribution < -0.4 is 9.46 Å². The van der Waals surface area contributed by atoms with Gasteiger partial charge >= 0.3 is 6.61 Å². The summed E-state index contributed by atoms with van der Waals surface area (Å²) >= 11 is 1.73. The smallest absolute Gasteiger partial charge is 0.387 e. The molecule has 2 aromatic carbocycles. The predicted molar refractivity (Wildman–Crippen MR) is 99.3 cm³/mol. The Kier molecular flexibility index (Phi) is 4.43. The molecule has 0 atom stereocenters. The van der Waals surface area contributed by atoms with Gasteiger partial charge in [-0.05, 0) is 54.6 Å². The van der Waals surface area contributed by atoms with Gasteiger partial charge in [-0.1, -0.05) is 12.1 Å². The highest BCUT2D eigenvalue weighted by Gasteiger charge is 2.22. The Morgan fingerprint density at radius 1 is 1.19 bits per heavy atom. The van der Waals surface area contributed by atoms with Crippen molar-refractivity contribution in [2.45, 2.75) is 24.7 Å². The Hall–Kier alpha value is -2.72. The number of H-pyrrole nitrogens is 1. The number of fused-ring (bicyclic) bond motifs is 1. The molecule has 2 N–H and O–H groups in total. The minimum atomic E-state index is -2.88. The molecule has 0 aliphatic heterocycles. The molecule has 1 saturated carbocycles. The Balaban J connectivity index is 1.65. The van der Waals surface area contributed by atoms with Crippen molar-refractivity contribution in [1.82, 2.24) is 4.98 Å². The van der Waals surface area contributed by atoms with Crippen molar-refractivity contribution in [2.24, 2.45) is 0 Å². The number of aromatic amines is 1. The van der Waals surface area contributed by atoms with E-state index in [0.717, 1.165) is 11.3 Å². The lowest BCUT2D eigenvalue weighted by molar-refractivity contribution is -0.0497. The van der Waals surface area contributed by atoms with Gasteiger partial charge < -0.3 is 14.4 Å². The number of rotatable bonds is 6. The third-order valence-electron chi connectivity index (χ3n) is 4.15. The Morgan fingerprint density at radius 3 is 2.62 bits per heavy atom. The van der Waals surface area contributed by atoms with Crippen LogP contribution in [0.25, 0.3) is 22.2 Å². The molecule has 4 nitrogen and oxygen atoms in total. The van der Waals surface area contributed by atoms with E-state index >= 15 is 0 Å². The summed E-state index contributed by atoms with van der Waals surface area (Å²) in [7, 11) is 0. The number of hydrogen-bond donors (Lipinski definition) is 2. The number of halogens is 2. The summed E-state index contributed by atoms with van der Waals surface area (Å²) in [6.07, 6.45) is 2.52. The van der Waals surface area contributed by atoms with Gasteiger partial charge in [0.2, 0.25) is 0 Å². The summed E-state index contributed by atoms with van der Waals surface area (Å²) in [4.78, 5) is 3.15. The topological polar surface area (TPSA) is 60.8 Å². The zero-order chi connectivity index (χ0) is 18.1. The Labute approximate surface area is 153 Å².